The number of benzene rings is 1. The third kappa shape index (κ3) is 3.00. The van der Waals surface area contributed by atoms with Crippen LogP contribution in [0.1, 0.15) is 5.56 Å². The van der Waals surface area contributed by atoms with E-state index in [1.54, 1.807) is 39.0 Å². The van der Waals surface area contributed by atoms with Gasteiger partial charge in [0.05, 0.1) is 26.7 Å². The maximum absolute atomic E-state index is 5.37. The zero-order valence-corrected chi connectivity index (χ0v) is 13.9. The lowest BCUT2D eigenvalue weighted by Gasteiger charge is -2.14. The summed E-state index contributed by atoms with van der Waals surface area (Å²) >= 11 is 1.59. The van der Waals surface area contributed by atoms with E-state index in [2.05, 4.69) is 15.3 Å². The fraction of sp³-hybridized carbons (Fsp3) is 0.250. The van der Waals surface area contributed by atoms with Crippen molar-refractivity contribution in [3.8, 4) is 17.2 Å². The minimum atomic E-state index is 0.582. The van der Waals surface area contributed by atoms with E-state index in [0.29, 0.717) is 23.8 Å². The van der Waals surface area contributed by atoms with Crippen LogP contribution in [-0.4, -0.2) is 31.3 Å². The number of thiophene rings is 1. The molecule has 1 aromatic carbocycles. The van der Waals surface area contributed by atoms with Gasteiger partial charge in [-0.1, -0.05) is 0 Å². The monoisotopic (exact) mass is 331 g/mol. The van der Waals surface area contributed by atoms with Crippen molar-refractivity contribution >= 4 is 27.4 Å². The van der Waals surface area contributed by atoms with Gasteiger partial charge in [0, 0.05) is 6.54 Å². The van der Waals surface area contributed by atoms with Crippen LogP contribution in [0.3, 0.4) is 0 Å². The van der Waals surface area contributed by atoms with Crippen LogP contribution in [0.4, 0.5) is 5.82 Å². The number of fused-ring (bicyclic) bond motifs is 1. The van der Waals surface area contributed by atoms with Gasteiger partial charge in [-0.05, 0) is 29.1 Å². The molecule has 2 aromatic heterocycles. The number of anilines is 1. The quantitative estimate of drug-likeness (QED) is 0.747. The smallest absolute Gasteiger partial charge is 0.203 e. The molecule has 0 radical (unpaired) electrons. The SMILES string of the molecule is COc1cc(CNc2ncnc3sccc23)cc(OC)c1OC. The highest BCUT2D eigenvalue weighted by molar-refractivity contribution is 7.16. The predicted molar refractivity (Wildman–Crippen MR) is 90.8 cm³/mol. The number of methoxy groups -OCH3 is 3. The zero-order chi connectivity index (χ0) is 16.2. The molecule has 23 heavy (non-hydrogen) atoms. The molecule has 0 unspecified atom stereocenters. The molecule has 0 amide bonds. The molecule has 0 saturated carbocycles. The molecule has 0 aliphatic rings. The van der Waals surface area contributed by atoms with Gasteiger partial charge in [-0.2, -0.15) is 0 Å². The third-order valence-corrected chi connectivity index (χ3v) is 4.27. The van der Waals surface area contributed by atoms with Gasteiger partial charge in [0.1, 0.15) is 17.0 Å². The Morgan fingerprint density at radius 1 is 1.04 bits per heavy atom. The van der Waals surface area contributed by atoms with E-state index < -0.39 is 0 Å². The Balaban J connectivity index is 1.87. The molecule has 6 nitrogen and oxygen atoms in total. The van der Waals surface area contributed by atoms with E-state index in [9.17, 15) is 0 Å². The minimum absolute atomic E-state index is 0.582. The number of aromatic nitrogens is 2. The van der Waals surface area contributed by atoms with Crippen LogP contribution in [0.5, 0.6) is 17.2 Å². The topological polar surface area (TPSA) is 65.5 Å². The summed E-state index contributed by atoms with van der Waals surface area (Å²) in [4.78, 5) is 9.52. The molecule has 0 fully saturated rings. The molecule has 0 bridgehead atoms. The molecular formula is C16H17N3O3S. The van der Waals surface area contributed by atoms with Crippen molar-refractivity contribution in [3.63, 3.8) is 0 Å². The van der Waals surface area contributed by atoms with Crippen LogP contribution >= 0.6 is 11.3 Å². The van der Waals surface area contributed by atoms with Crippen molar-refractivity contribution in [1.82, 2.24) is 9.97 Å². The first-order valence-electron chi connectivity index (χ1n) is 6.97. The molecule has 3 aromatic rings. The number of nitrogens with zero attached hydrogens (tertiary/aromatic N) is 2. The van der Waals surface area contributed by atoms with Crippen LogP contribution in [0, 0.1) is 0 Å². The van der Waals surface area contributed by atoms with Gasteiger partial charge in [-0.3, -0.25) is 0 Å². The average molecular weight is 331 g/mol. The first-order chi connectivity index (χ1) is 11.3. The summed E-state index contributed by atoms with van der Waals surface area (Å²) in [6, 6.07) is 5.85. The second kappa shape index (κ2) is 6.70. The first-order valence-corrected chi connectivity index (χ1v) is 7.85. The zero-order valence-electron chi connectivity index (χ0n) is 13.1. The van der Waals surface area contributed by atoms with Crippen LogP contribution < -0.4 is 19.5 Å². The second-order valence-corrected chi connectivity index (χ2v) is 5.64. The van der Waals surface area contributed by atoms with E-state index in [1.807, 2.05) is 23.6 Å². The largest absolute Gasteiger partial charge is 0.493 e. The lowest BCUT2D eigenvalue weighted by Crippen LogP contribution is -2.04. The van der Waals surface area contributed by atoms with E-state index in [4.69, 9.17) is 14.2 Å². The molecule has 120 valence electrons. The summed E-state index contributed by atoms with van der Waals surface area (Å²) in [6.07, 6.45) is 1.57. The van der Waals surface area contributed by atoms with Gasteiger partial charge < -0.3 is 19.5 Å². The van der Waals surface area contributed by atoms with E-state index in [1.165, 1.54) is 0 Å². The summed E-state index contributed by atoms with van der Waals surface area (Å²) in [6.45, 7) is 0.582. The van der Waals surface area contributed by atoms with Crippen LogP contribution in [0.15, 0.2) is 29.9 Å². The molecular weight excluding hydrogens is 314 g/mol. The fourth-order valence-electron chi connectivity index (χ4n) is 2.35. The number of ether oxygens (including phenoxy) is 3. The Hall–Kier alpha value is -2.54. The lowest BCUT2D eigenvalue weighted by atomic mass is 10.1. The highest BCUT2D eigenvalue weighted by atomic mass is 32.1. The van der Waals surface area contributed by atoms with Crippen molar-refractivity contribution in [3.05, 3.63) is 35.5 Å². The molecule has 0 aliphatic carbocycles. The van der Waals surface area contributed by atoms with E-state index >= 15 is 0 Å². The second-order valence-electron chi connectivity index (χ2n) is 4.75. The number of nitrogens with one attached hydrogen (secondary N) is 1. The van der Waals surface area contributed by atoms with Gasteiger partial charge in [0.2, 0.25) is 5.75 Å². The van der Waals surface area contributed by atoms with Crippen LogP contribution in [-0.2, 0) is 6.54 Å². The number of hydrogen-bond acceptors (Lipinski definition) is 7. The molecule has 2 heterocycles. The summed E-state index contributed by atoms with van der Waals surface area (Å²) in [5.41, 5.74) is 1.00. The maximum atomic E-state index is 5.37. The molecule has 0 saturated heterocycles. The lowest BCUT2D eigenvalue weighted by molar-refractivity contribution is 0.324. The Bertz CT molecular complexity index is 794. The standard InChI is InChI=1S/C16H17N3O3S/c1-20-12-6-10(7-13(21-2)14(12)22-3)8-17-15-11-4-5-23-16(11)19-9-18-15/h4-7,9H,8H2,1-3H3,(H,17,18,19). The molecule has 0 aliphatic heterocycles. The van der Waals surface area contributed by atoms with Crippen LogP contribution in [0.25, 0.3) is 10.2 Å². The Labute approximate surface area is 138 Å². The third-order valence-electron chi connectivity index (χ3n) is 3.45. The Kier molecular flexibility index (Phi) is 4.47. The van der Waals surface area contributed by atoms with Gasteiger partial charge in [-0.25, -0.2) is 9.97 Å². The molecule has 0 atom stereocenters. The van der Waals surface area contributed by atoms with Gasteiger partial charge in [0.25, 0.3) is 0 Å². The summed E-state index contributed by atoms with van der Waals surface area (Å²) in [7, 11) is 4.80. The van der Waals surface area contributed by atoms with Crippen molar-refractivity contribution in [2.75, 3.05) is 26.6 Å². The normalized spacial score (nSPS) is 10.6. The van der Waals surface area contributed by atoms with Crippen LogP contribution in [0.2, 0.25) is 0 Å². The predicted octanol–water partition coefficient (Wildman–Crippen LogP) is 3.33. The highest BCUT2D eigenvalue weighted by Crippen LogP contribution is 2.38. The summed E-state index contributed by atoms with van der Waals surface area (Å²) in [5, 5.41) is 6.36. The summed E-state index contributed by atoms with van der Waals surface area (Å²) in [5.74, 6) is 2.66. The molecule has 7 heteroatoms. The number of hydrogen-bond donors (Lipinski definition) is 1. The van der Waals surface area contributed by atoms with Crippen molar-refractivity contribution < 1.29 is 14.2 Å². The maximum Gasteiger partial charge on any atom is 0.203 e. The number of rotatable bonds is 6. The first kappa shape index (κ1) is 15.4. The summed E-state index contributed by atoms with van der Waals surface area (Å²) < 4.78 is 16.1. The molecule has 3 rings (SSSR count). The van der Waals surface area contributed by atoms with Gasteiger partial charge in [0.15, 0.2) is 11.5 Å². The molecule has 1 N–H and O–H groups in total. The average Bonchev–Trinajstić information content (AvgIpc) is 3.08. The van der Waals surface area contributed by atoms with Gasteiger partial charge >= 0.3 is 0 Å². The van der Waals surface area contributed by atoms with Crippen molar-refractivity contribution in [1.29, 1.82) is 0 Å². The Morgan fingerprint density at radius 2 is 1.78 bits per heavy atom. The van der Waals surface area contributed by atoms with E-state index in [0.717, 1.165) is 21.6 Å². The highest BCUT2D eigenvalue weighted by Gasteiger charge is 2.13. The molecule has 0 spiro atoms. The minimum Gasteiger partial charge on any atom is -0.493 e. The van der Waals surface area contributed by atoms with Crippen molar-refractivity contribution in [2.24, 2.45) is 0 Å². The van der Waals surface area contributed by atoms with E-state index in [-0.39, 0.29) is 0 Å². The fourth-order valence-corrected chi connectivity index (χ4v) is 3.09. The van der Waals surface area contributed by atoms with Gasteiger partial charge in [-0.15, -0.1) is 11.3 Å². The van der Waals surface area contributed by atoms with Crippen molar-refractivity contribution in [2.45, 2.75) is 6.54 Å². The Morgan fingerprint density at radius 3 is 2.43 bits per heavy atom.